The quantitative estimate of drug-likeness (QED) is 0.854. The molecule has 1 aliphatic rings. The van der Waals surface area contributed by atoms with Crippen molar-refractivity contribution in [2.75, 3.05) is 5.32 Å². The highest BCUT2D eigenvalue weighted by molar-refractivity contribution is 5.89. The molecule has 2 aromatic heterocycles. The summed E-state index contributed by atoms with van der Waals surface area (Å²) in [5, 5.41) is 4.70. The maximum atomic E-state index is 4.44. The van der Waals surface area contributed by atoms with Crippen molar-refractivity contribution in [2.24, 2.45) is 0 Å². The molecule has 2 aromatic rings. The molecule has 1 aliphatic carbocycles. The lowest BCUT2D eigenvalue weighted by Gasteiger charge is -2.24. The normalized spacial score (nSPS) is 17.2. The standard InChI is InChI=1S/C14H17N3/c1-2-6-12(7-3-1)17-13-10-15-9-11-5-4-8-16-14(11)13/h4-5,8-10,12,17H,1-3,6-7H2. The second kappa shape index (κ2) is 4.70. The zero-order valence-electron chi connectivity index (χ0n) is 9.89. The fourth-order valence-corrected chi connectivity index (χ4v) is 2.57. The van der Waals surface area contributed by atoms with Gasteiger partial charge in [0.2, 0.25) is 0 Å². The van der Waals surface area contributed by atoms with Crippen LogP contribution in [-0.2, 0) is 0 Å². The summed E-state index contributed by atoms with van der Waals surface area (Å²) in [4.78, 5) is 8.72. The summed E-state index contributed by atoms with van der Waals surface area (Å²) in [5.41, 5.74) is 2.11. The van der Waals surface area contributed by atoms with Crippen LogP contribution in [0.15, 0.2) is 30.7 Å². The Morgan fingerprint density at radius 2 is 2.00 bits per heavy atom. The van der Waals surface area contributed by atoms with Crippen molar-refractivity contribution in [1.82, 2.24) is 9.97 Å². The van der Waals surface area contributed by atoms with Gasteiger partial charge in [0.05, 0.1) is 17.4 Å². The first-order chi connectivity index (χ1) is 8.43. The summed E-state index contributed by atoms with van der Waals surface area (Å²) in [6.45, 7) is 0. The van der Waals surface area contributed by atoms with Crippen LogP contribution in [-0.4, -0.2) is 16.0 Å². The van der Waals surface area contributed by atoms with E-state index in [0.29, 0.717) is 6.04 Å². The minimum Gasteiger partial charge on any atom is -0.379 e. The van der Waals surface area contributed by atoms with Crippen LogP contribution >= 0.6 is 0 Å². The van der Waals surface area contributed by atoms with Crippen LogP contribution in [0.2, 0.25) is 0 Å². The zero-order chi connectivity index (χ0) is 11.5. The van der Waals surface area contributed by atoms with Gasteiger partial charge in [-0.2, -0.15) is 0 Å². The Bertz CT molecular complexity index is 498. The number of hydrogen-bond donors (Lipinski definition) is 1. The van der Waals surface area contributed by atoms with Gasteiger partial charge in [0.25, 0.3) is 0 Å². The molecule has 0 spiro atoms. The zero-order valence-corrected chi connectivity index (χ0v) is 9.89. The maximum Gasteiger partial charge on any atom is 0.0964 e. The van der Waals surface area contributed by atoms with Crippen molar-refractivity contribution >= 4 is 16.6 Å². The van der Waals surface area contributed by atoms with Crippen molar-refractivity contribution in [3.63, 3.8) is 0 Å². The smallest absolute Gasteiger partial charge is 0.0964 e. The fraction of sp³-hybridized carbons (Fsp3) is 0.429. The van der Waals surface area contributed by atoms with Crippen molar-refractivity contribution in [2.45, 2.75) is 38.1 Å². The molecule has 88 valence electrons. The van der Waals surface area contributed by atoms with E-state index in [4.69, 9.17) is 0 Å². The van der Waals surface area contributed by atoms with Gasteiger partial charge in [-0.15, -0.1) is 0 Å². The van der Waals surface area contributed by atoms with E-state index in [2.05, 4.69) is 21.4 Å². The van der Waals surface area contributed by atoms with Gasteiger partial charge in [0.1, 0.15) is 0 Å². The third kappa shape index (κ3) is 2.23. The van der Waals surface area contributed by atoms with E-state index in [0.717, 1.165) is 16.6 Å². The van der Waals surface area contributed by atoms with E-state index in [-0.39, 0.29) is 0 Å². The number of anilines is 1. The van der Waals surface area contributed by atoms with Crippen molar-refractivity contribution in [3.8, 4) is 0 Å². The van der Waals surface area contributed by atoms with Crippen LogP contribution in [0.25, 0.3) is 10.9 Å². The SMILES string of the molecule is c1cnc2c(NC3CCCCC3)cncc2c1. The molecule has 3 rings (SSSR count). The Balaban J connectivity index is 1.89. The molecule has 1 saturated carbocycles. The maximum absolute atomic E-state index is 4.44. The molecule has 0 aromatic carbocycles. The average molecular weight is 227 g/mol. The van der Waals surface area contributed by atoms with Gasteiger partial charge in [-0.25, -0.2) is 0 Å². The highest BCUT2D eigenvalue weighted by Crippen LogP contribution is 2.25. The second-order valence-corrected chi connectivity index (χ2v) is 4.74. The minimum atomic E-state index is 0.596. The van der Waals surface area contributed by atoms with E-state index in [1.165, 1.54) is 32.1 Å². The van der Waals surface area contributed by atoms with Gasteiger partial charge in [0.15, 0.2) is 0 Å². The number of rotatable bonds is 2. The summed E-state index contributed by atoms with van der Waals surface area (Å²) >= 11 is 0. The largest absolute Gasteiger partial charge is 0.379 e. The molecule has 3 heteroatoms. The molecule has 0 radical (unpaired) electrons. The lowest BCUT2D eigenvalue weighted by Crippen LogP contribution is -2.22. The highest BCUT2D eigenvalue weighted by Gasteiger charge is 2.14. The second-order valence-electron chi connectivity index (χ2n) is 4.74. The predicted molar refractivity (Wildman–Crippen MR) is 70.0 cm³/mol. The van der Waals surface area contributed by atoms with Gasteiger partial charge >= 0.3 is 0 Å². The first-order valence-electron chi connectivity index (χ1n) is 6.39. The van der Waals surface area contributed by atoms with Gasteiger partial charge in [-0.05, 0) is 25.0 Å². The van der Waals surface area contributed by atoms with Crippen LogP contribution in [0.1, 0.15) is 32.1 Å². The third-order valence-corrected chi connectivity index (χ3v) is 3.48. The highest BCUT2D eigenvalue weighted by atomic mass is 14.9. The van der Waals surface area contributed by atoms with Crippen molar-refractivity contribution in [1.29, 1.82) is 0 Å². The minimum absolute atomic E-state index is 0.596. The third-order valence-electron chi connectivity index (χ3n) is 3.48. The topological polar surface area (TPSA) is 37.8 Å². The van der Waals surface area contributed by atoms with Crippen LogP contribution < -0.4 is 5.32 Å². The van der Waals surface area contributed by atoms with Gasteiger partial charge in [-0.1, -0.05) is 19.3 Å². The molecule has 2 heterocycles. The molecular formula is C14H17N3. The molecule has 3 nitrogen and oxygen atoms in total. The molecule has 1 N–H and O–H groups in total. The number of hydrogen-bond acceptors (Lipinski definition) is 3. The number of nitrogens with zero attached hydrogens (tertiary/aromatic N) is 2. The van der Waals surface area contributed by atoms with E-state index >= 15 is 0 Å². The van der Waals surface area contributed by atoms with E-state index in [1.54, 1.807) is 0 Å². The number of pyridine rings is 2. The van der Waals surface area contributed by atoms with Gasteiger partial charge in [0, 0.05) is 23.8 Å². The molecule has 0 amide bonds. The van der Waals surface area contributed by atoms with Crippen LogP contribution in [0.3, 0.4) is 0 Å². The van der Waals surface area contributed by atoms with Crippen molar-refractivity contribution < 1.29 is 0 Å². The summed E-state index contributed by atoms with van der Waals surface area (Å²) in [6.07, 6.45) is 12.2. The average Bonchev–Trinajstić information content (AvgIpc) is 2.40. The van der Waals surface area contributed by atoms with E-state index in [1.807, 2.05) is 24.7 Å². The lowest BCUT2D eigenvalue weighted by molar-refractivity contribution is 0.463. The first-order valence-corrected chi connectivity index (χ1v) is 6.39. The molecule has 1 fully saturated rings. The Morgan fingerprint density at radius 1 is 1.12 bits per heavy atom. The molecule has 0 atom stereocenters. The van der Waals surface area contributed by atoms with Crippen LogP contribution in [0.5, 0.6) is 0 Å². The predicted octanol–water partition coefficient (Wildman–Crippen LogP) is 3.37. The molecule has 0 unspecified atom stereocenters. The number of nitrogens with one attached hydrogen (secondary N) is 1. The van der Waals surface area contributed by atoms with E-state index in [9.17, 15) is 0 Å². The summed E-state index contributed by atoms with van der Waals surface area (Å²) in [5.74, 6) is 0. The number of aromatic nitrogens is 2. The fourth-order valence-electron chi connectivity index (χ4n) is 2.57. The summed E-state index contributed by atoms with van der Waals surface area (Å²) in [7, 11) is 0. The molecule has 0 saturated heterocycles. The monoisotopic (exact) mass is 227 g/mol. The molecule has 0 bridgehead atoms. The van der Waals surface area contributed by atoms with Crippen LogP contribution in [0, 0.1) is 0 Å². The molecular weight excluding hydrogens is 210 g/mol. The Labute approximate surface area is 101 Å². The Kier molecular flexibility index (Phi) is 2.90. The molecule has 0 aliphatic heterocycles. The van der Waals surface area contributed by atoms with Gasteiger partial charge in [-0.3, -0.25) is 9.97 Å². The van der Waals surface area contributed by atoms with Gasteiger partial charge < -0.3 is 5.32 Å². The van der Waals surface area contributed by atoms with Crippen LogP contribution in [0.4, 0.5) is 5.69 Å². The van der Waals surface area contributed by atoms with E-state index < -0.39 is 0 Å². The summed E-state index contributed by atoms with van der Waals surface area (Å²) in [6, 6.07) is 4.61. The molecule has 17 heavy (non-hydrogen) atoms. The lowest BCUT2D eigenvalue weighted by atomic mass is 9.95. The number of fused-ring (bicyclic) bond motifs is 1. The Hall–Kier alpha value is -1.64. The Morgan fingerprint density at radius 3 is 2.88 bits per heavy atom. The summed E-state index contributed by atoms with van der Waals surface area (Å²) < 4.78 is 0. The first kappa shape index (κ1) is 10.5. The van der Waals surface area contributed by atoms with Crippen molar-refractivity contribution in [3.05, 3.63) is 30.7 Å².